The summed E-state index contributed by atoms with van der Waals surface area (Å²) in [4.78, 5) is 29.1. The molecule has 2 aliphatic rings. The van der Waals surface area contributed by atoms with Gasteiger partial charge in [0.2, 0.25) is 15.8 Å². The Balaban J connectivity index is 2.09. The molecule has 1 aromatic rings. The average molecular weight is 432 g/mol. The van der Waals surface area contributed by atoms with Crippen LogP contribution in [0.25, 0.3) is 0 Å². The van der Waals surface area contributed by atoms with Crippen LogP contribution in [-0.4, -0.2) is 47.7 Å². The van der Waals surface area contributed by atoms with Gasteiger partial charge in [0, 0.05) is 24.4 Å². The van der Waals surface area contributed by atoms with Crippen molar-refractivity contribution < 1.29 is 36.3 Å². The molecule has 0 saturated heterocycles. The Morgan fingerprint density at radius 1 is 1.28 bits per heavy atom. The first-order valence-corrected chi connectivity index (χ1v) is 10.7. The number of halogens is 3. The molecule has 0 radical (unpaired) electrons. The van der Waals surface area contributed by atoms with Crippen LogP contribution in [-0.2, 0) is 27.5 Å². The first kappa shape index (κ1) is 21.4. The molecule has 1 N–H and O–H groups in total. The lowest BCUT2D eigenvalue weighted by atomic mass is 9.83. The van der Waals surface area contributed by atoms with E-state index in [1.165, 1.54) is 0 Å². The molecule has 2 aliphatic carbocycles. The maximum Gasteiger partial charge on any atom is 0.433 e. The number of nitrogens with zero attached hydrogens (tertiary/aromatic N) is 2. The summed E-state index contributed by atoms with van der Waals surface area (Å²) >= 11 is 0. The number of carbonyl (C=O) groups is 2. The molecule has 3 rings (SSSR count). The van der Waals surface area contributed by atoms with E-state index in [0.29, 0.717) is 25.3 Å². The number of aromatic nitrogens is 1. The highest BCUT2D eigenvalue weighted by Crippen LogP contribution is 2.43. The van der Waals surface area contributed by atoms with Gasteiger partial charge in [0.05, 0.1) is 18.5 Å². The number of alkyl halides is 3. The highest BCUT2D eigenvalue weighted by molar-refractivity contribution is 7.88. The van der Waals surface area contributed by atoms with Gasteiger partial charge in [-0.3, -0.25) is 9.59 Å². The monoisotopic (exact) mass is 432 g/mol. The second-order valence-corrected chi connectivity index (χ2v) is 9.46. The Bertz CT molecular complexity index is 1020. The number of ketones is 2. The number of pyridine rings is 1. The van der Waals surface area contributed by atoms with Crippen molar-refractivity contribution in [2.45, 2.75) is 32.0 Å². The van der Waals surface area contributed by atoms with Crippen molar-refractivity contribution in [1.82, 2.24) is 9.29 Å². The molecule has 0 aliphatic heterocycles. The molecule has 0 amide bonds. The number of Topliss-reactive ketones (excluding diaryl/α,β-unsaturated/α-hetero) is 2. The van der Waals surface area contributed by atoms with E-state index < -0.39 is 57.2 Å². The largest absolute Gasteiger partial charge is 0.511 e. The van der Waals surface area contributed by atoms with E-state index in [0.717, 1.165) is 23.7 Å². The van der Waals surface area contributed by atoms with E-state index in [-0.39, 0.29) is 17.2 Å². The average Bonchev–Trinajstić information content (AvgIpc) is 3.05. The van der Waals surface area contributed by atoms with Gasteiger partial charge in [0.15, 0.2) is 5.78 Å². The van der Waals surface area contributed by atoms with Crippen molar-refractivity contribution in [2.75, 3.05) is 13.3 Å². The Hall–Kier alpha value is -2.27. The minimum absolute atomic E-state index is 0.332. The topological polar surface area (TPSA) is 105 Å². The number of hydrogen-bond acceptors (Lipinski definition) is 6. The Kier molecular flexibility index (Phi) is 5.33. The quantitative estimate of drug-likeness (QED) is 0.566. The molecule has 0 spiro atoms. The number of rotatable bonds is 5. The minimum Gasteiger partial charge on any atom is -0.511 e. The van der Waals surface area contributed by atoms with E-state index in [1.807, 2.05) is 0 Å². The summed E-state index contributed by atoms with van der Waals surface area (Å²) in [6.07, 6.45) is -2.43. The first-order chi connectivity index (χ1) is 13.3. The fourth-order valence-electron chi connectivity index (χ4n) is 3.68. The summed E-state index contributed by atoms with van der Waals surface area (Å²) in [5.41, 5.74) is -2.51. The van der Waals surface area contributed by atoms with Gasteiger partial charge < -0.3 is 5.11 Å². The van der Waals surface area contributed by atoms with E-state index >= 15 is 0 Å². The van der Waals surface area contributed by atoms with Crippen LogP contribution in [0.1, 0.15) is 41.0 Å². The van der Waals surface area contributed by atoms with Gasteiger partial charge in [-0.2, -0.15) is 17.5 Å². The highest BCUT2D eigenvalue weighted by Gasteiger charge is 2.44. The van der Waals surface area contributed by atoms with Gasteiger partial charge in [-0.1, -0.05) is 0 Å². The Morgan fingerprint density at radius 3 is 2.48 bits per heavy atom. The van der Waals surface area contributed by atoms with Gasteiger partial charge in [-0.15, -0.1) is 0 Å². The molecule has 1 aromatic heterocycles. The van der Waals surface area contributed by atoms with E-state index in [2.05, 4.69) is 4.98 Å². The van der Waals surface area contributed by atoms with Crippen LogP contribution in [0.4, 0.5) is 13.2 Å². The van der Waals surface area contributed by atoms with Gasteiger partial charge in [0.1, 0.15) is 17.0 Å². The Morgan fingerprint density at radius 2 is 1.90 bits per heavy atom. The maximum absolute atomic E-state index is 13.1. The van der Waals surface area contributed by atoms with Crippen molar-refractivity contribution in [2.24, 2.45) is 11.8 Å². The van der Waals surface area contributed by atoms with E-state index in [1.54, 1.807) is 0 Å². The minimum atomic E-state index is -4.80. The van der Waals surface area contributed by atoms with Crippen LogP contribution >= 0.6 is 0 Å². The van der Waals surface area contributed by atoms with Crippen molar-refractivity contribution in [3.8, 4) is 0 Å². The number of sulfonamides is 1. The summed E-state index contributed by atoms with van der Waals surface area (Å²) in [6, 6.07) is 1.46. The number of fused-ring (bicyclic) bond motifs is 2. The molecule has 1 saturated carbocycles. The van der Waals surface area contributed by atoms with Crippen LogP contribution < -0.4 is 0 Å². The second kappa shape index (κ2) is 7.21. The SMILES string of the molecule is CN(Cc1nc(C(F)(F)F)ccc1C(=O)C1=C(O)C2CCC(C2)C1=O)S(C)(=O)=O. The summed E-state index contributed by atoms with van der Waals surface area (Å²) < 4.78 is 63.4. The van der Waals surface area contributed by atoms with Crippen molar-refractivity contribution in [3.63, 3.8) is 0 Å². The fourth-order valence-corrected chi connectivity index (χ4v) is 4.04. The van der Waals surface area contributed by atoms with Crippen molar-refractivity contribution >= 4 is 21.6 Å². The molecule has 7 nitrogen and oxygen atoms in total. The molecule has 0 aromatic carbocycles. The lowest BCUT2D eigenvalue weighted by Crippen LogP contribution is -2.30. The number of carbonyl (C=O) groups excluding carboxylic acids is 2. The van der Waals surface area contributed by atoms with E-state index in [4.69, 9.17) is 0 Å². The molecule has 2 bridgehead atoms. The zero-order valence-electron chi connectivity index (χ0n) is 15.7. The van der Waals surface area contributed by atoms with Crippen LogP contribution in [0.3, 0.4) is 0 Å². The molecule has 11 heteroatoms. The van der Waals surface area contributed by atoms with Gasteiger partial charge in [-0.25, -0.2) is 13.4 Å². The lowest BCUT2D eigenvalue weighted by Gasteiger charge is -2.22. The normalized spacial score (nSPS) is 22.5. The zero-order valence-corrected chi connectivity index (χ0v) is 16.5. The van der Waals surface area contributed by atoms with Gasteiger partial charge in [-0.05, 0) is 31.4 Å². The van der Waals surface area contributed by atoms with Crippen LogP contribution in [0.15, 0.2) is 23.5 Å². The molecule has 158 valence electrons. The second-order valence-electron chi connectivity index (χ2n) is 7.37. The summed E-state index contributed by atoms with van der Waals surface area (Å²) in [6.45, 7) is -0.598. The van der Waals surface area contributed by atoms with Gasteiger partial charge >= 0.3 is 6.18 Å². The predicted molar refractivity (Wildman–Crippen MR) is 95.4 cm³/mol. The number of aliphatic hydroxyl groups is 1. The molecular formula is C18H19F3N2O5S. The van der Waals surface area contributed by atoms with E-state index in [9.17, 15) is 36.3 Å². The zero-order chi connectivity index (χ0) is 21.7. The molecular weight excluding hydrogens is 413 g/mol. The Labute approximate surface area is 165 Å². The molecule has 1 heterocycles. The molecule has 29 heavy (non-hydrogen) atoms. The third-order valence-electron chi connectivity index (χ3n) is 5.37. The molecule has 2 unspecified atom stereocenters. The van der Waals surface area contributed by atoms with Crippen LogP contribution in [0.2, 0.25) is 0 Å². The number of allylic oxidation sites excluding steroid dienone is 2. The lowest BCUT2D eigenvalue weighted by molar-refractivity contribution is -0.141. The maximum atomic E-state index is 13.1. The summed E-state index contributed by atoms with van der Waals surface area (Å²) in [5, 5.41) is 10.4. The molecule has 1 fully saturated rings. The molecule has 2 atom stereocenters. The summed E-state index contributed by atoms with van der Waals surface area (Å²) in [7, 11) is -2.64. The van der Waals surface area contributed by atoms with Crippen molar-refractivity contribution in [3.05, 3.63) is 40.4 Å². The third kappa shape index (κ3) is 4.06. The van der Waals surface area contributed by atoms with Crippen LogP contribution in [0, 0.1) is 11.8 Å². The number of aliphatic hydroxyl groups excluding tert-OH is 1. The highest BCUT2D eigenvalue weighted by atomic mass is 32.2. The smallest absolute Gasteiger partial charge is 0.433 e. The third-order valence-corrected chi connectivity index (χ3v) is 6.63. The van der Waals surface area contributed by atoms with Gasteiger partial charge in [0.25, 0.3) is 0 Å². The van der Waals surface area contributed by atoms with Crippen LogP contribution in [0.5, 0.6) is 0 Å². The number of hydrogen-bond donors (Lipinski definition) is 1. The standard InChI is InChI=1S/C18H19F3N2O5S/c1-23(29(2,27)28)8-12-11(5-6-13(22-12)18(19,20)21)17(26)14-15(24)9-3-4-10(7-9)16(14)25/h5-6,9-10,24H,3-4,7-8H2,1-2H3. The van der Waals surface area contributed by atoms with Crippen molar-refractivity contribution in [1.29, 1.82) is 0 Å². The first-order valence-electron chi connectivity index (χ1n) is 8.81. The summed E-state index contributed by atoms with van der Waals surface area (Å²) in [5.74, 6) is -2.57. The predicted octanol–water partition coefficient (Wildman–Crippen LogP) is 2.49. The fraction of sp³-hybridized carbons (Fsp3) is 0.500.